The van der Waals surface area contributed by atoms with Gasteiger partial charge in [-0.3, -0.25) is 0 Å². The first-order chi connectivity index (χ1) is 6.69. The highest BCUT2D eigenvalue weighted by molar-refractivity contribution is 9.09. The first-order valence-corrected chi connectivity index (χ1v) is 5.39. The lowest BCUT2D eigenvalue weighted by Gasteiger charge is -2.08. The summed E-state index contributed by atoms with van der Waals surface area (Å²) in [5.41, 5.74) is 0.700. The van der Waals surface area contributed by atoms with E-state index in [9.17, 15) is 8.78 Å². The lowest BCUT2D eigenvalue weighted by Crippen LogP contribution is -1.96. The van der Waals surface area contributed by atoms with E-state index in [1.807, 2.05) is 0 Å². The van der Waals surface area contributed by atoms with Crippen molar-refractivity contribution in [3.05, 3.63) is 29.3 Å². The number of rotatable bonds is 4. The van der Waals surface area contributed by atoms with Crippen LogP contribution in [0.4, 0.5) is 8.78 Å². The van der Waals surface area contributed by atoms with Crippen molar-refractivity contribution in [2.24, 2.45) is 0 Å². The number of benzene rings is 1. The molecule has 1 aromatic rings. The molecule has 0 aliphatic heterocycles. The highest BCUT2D eigenvalue weighted by Crippen LogP contribution is 2.23. The zero-order valence-corrected chi connectivity index (χ0v) is 9.40. The van der Waals surface area contributed by atoms with Crippen LogP contribution in [0.1, 0.15) is 12.0 Å². The van der Waals surface area contributed by atoms with Gasteiger partial charge in [-0.25, -0.2) is 8.78 Å². The molecule has 0 spiro atoms. The monoisotopic (exact) mass is 264 g/mol. The molecule has 0 aliphatic rings. The van der Waals surface area contributed by atoms with Crippen LogP contribution < -0.4 is 4.74 Å². The summed E-state index contributed by atoms with van der Waals surface area (Å²) in [6.07, 6.45) is 1.53. The van der Waals surface area contributed by atoms with E-state index < -0.39 is 11.6 Å². The summed E-state index contributed by atoms with van der Waals surface area (Å²) in [6.45, 7) is 0. The first kappa shape index (κ1) is 11.4. The molecule has 0 atom stereocenters. The molecule has 0 saturated carbocycles. The molecule has 0 unspecified atom stereocenters. The molecule has 0 radical (unpaired) electrons. The van der Waals surface area contributed by atoms with Gasteiger partial charge in [0.1, 0.15) is 5.75 Å². The van der Waals surface area contributed by atoms with Crippen LogP contribution in [0.3, 0.4) is 0 Å². The summed E-state index contributed by atoms with van der Waals surface area (Å²) in [4.78, 5) is 0. The molecule has 1 aromatic carbocycles. The molecule has 0 aromatic heterocycles. The fourth-order valence-corrected chi connectivity index (χ4v) is 1.49. The number of aryl methyl sites for hydroxylation is 1. The lowest BCUT2D eigenvalue weighted by atomic mass is 10.1. The zero-order chi connectivity index (χ0) is 10.6. The van der Waals surface area contributed by atoms with E-state index in [1.54, 1.807) is 0 Å². The normalized spacial score (nSPS) is 10.3. The minimum absolute atomic E-state index is 0.407. The standard InChI is InChI=1S/C10H11BrF2O/c1-14-10-6-9(13)8(12)5-7(10)3-2-4-11/h5-6H,2-4H2,1H3. The van der Waals surface area contributed by atoms with E-state index in [0.29, 0.717) is 17.7 Å². The summed E-state index contributed by atoms with van der Waals surface area (Å²) in [6, 6.07) is 2.27. The zero-order valence-electron chi connectivity index (χ0n) is 7.82. The van der Waals surface area contributed by atoms with Crippen molar-refractivity contribution >= 4 is 15.9 Å². The number of halogens is 3. The van der Waals surface area contributed by atoms with Crippen molar-refractivity contribution in [2.75, 3.05) is 12.4 Å². The summed E-state index contributed by atoms with van der Waals surface area (Å²) < 4.78 is 30.6. The predicted octanol–water partition coefficient (Wildman–Crippen LogP) is 3.30. The molecule has 0 amide bonds. The number of methoxy groups -OCH3 is 1. The number of hydrogen-bond acceptors (Lipinski definition) is 1. The van der Waals surface area contributed by atoms with E-state index >= 15 is 0 Å². The van der Waals surface area contributed by atoms with E-state index in [1.165, 1.54) is 13.2 Å². The van der Waals surface area contributed by atoms with E-state index in [0.717, 1.165) is 17.8 Å². The SMILES string of the molecule is COc1cc(F)c(F)cc1CCCBr. The Labute approximate surface area is 90.2 Å². The van der Waals surface area contributed by atoms with Gasteiger partial charge in [0, 0.05) is 11.4 Å². The largest absolute Gasteiger partial charge is 0.496 e. The summed E-state index contributed by atoms with van der Waals surface area (Å²) >= 11 is 3.28. The maximum atomic E-state index is 12.9. The van der Waals surface area contributed by atoms with Crippen LogP contribution in [0.15, 0.2) is 12.1 Å². The average molecular weight is 265 g/mol. The van der Waals surface area contributed by atoms with E-state index in [4.69, 9.17) is 4.74 Å². The van der Waals surface area contributed by atoms with Gasteiger partial charge in [-0.1, -0.05) is 15.9 Å². The van der Waals surface area contributed by atoms with Crippen LogP contribution in [0.2, 0.25) is 0 Å². The van der Waals surface area contributed by atoms with Crippen molar-refractivity contribution in [1.29, 1.82) is 0 Å². The molecule has 0 heterocycles. The average Bonchev–Trinajstić information content (AvgIpc) is 2.19. The molecule has 0 aliphatic carbocycles. The minimum atomic E-state index is -0.871. The molecule has 0 bridgehead atoms. The molecule has 1 rings (SSSR count). The van der Waals surface area contributed by atoms with Gasteiger partial charge in [0.15, 0.2) is 11.6 Å². The summed E-state index contributed by atoms with van der Waals surface area (Å²) in [5.74, 6) is -1.29. The van der Waals surface area contributed by atoms with E-state index in [-0.39, 0.29) is 0 Å². The van der Waals surface area contributed by atoms with Crippen LogP contribution in [-0.2, 0) is 6.42 Å². The van der Waals surface area contributed by atoms with Crippen molar-refractivity contribution < 1.29 is 13.5 Å². The van der Waals surface area contributed by atoms with Crippen LogP contribution >= 0.6 is 15.9 Å². The third kappa shape index (κ3) is 2.67. The number of hydrogen-bond donors (Lipinski definition) is 0. The fourth-order valence-electron chi connectivity index (χ4n) is 1.21. The second-order valence-electron chi connectivity index (χ2n) is 2.87. The van der Waals surface area contributed by atoms with E-state index in [2.05, 4.69) is 15.9 Å². The van der Waals surface area contributed by atoms with Crippen LogP contribution in [0, 0.1) is 11.6 Å². The van der Waals surface area contributed by atoms with Crippen LogP contribution in [0.5, 0.6) is 5.75 Å². The molecule has 78 valence electrons. The molecule has 4 heteroatoms. The predicted molar refractivity (Wildman–Crippen MR) is 55.0 cm³/mol. The van der Waals surface area contributed by atoms with Gasteiger partial charge in [-0.15, -0.1) is 0 Å². The molecule has 1 nitrogen and oxygen atoms in total. The van der Waals surface area contributed by atoms with Gasteiger partial charge in [-0.2, -0.15) is 0 Å². The molecule has 0 saturated heterocycles. The maximum absolute atomic E-state index is 12.9. The Bertz CT molecular complexity index is 315. The lowest BCUT2D eigenvalue weighted by molar-refractivity contribution is 0.400. The molecule has 14 heavy (non-hydrogen) atoms. The maximum Gasteiger partial charge on any atom is 0.162 e. The van der Waals surface area contributed by atoms with Gasteiger partial charge in [0.2, 0.25) is 0 Å². The number of alkyl halides is 1. The smallest absolute Gasteiger partial charge is 0.162 e. The van der Waals surface area contributed by atoms with Gasteiger partial charge >= 0.3 is 0 Å². The van der Waals surface area contributed by atoms with Gasteiger partial charge in [0.25, 0.3) is 0 Å². The fraction of sp³-hybridized carbons (Fsp3) is 0.400. The Balaban J connectivity index is 2.95. The van der Waals surface area contributed by atoms with Crippen molar-refractivity contribution in [3.8, 4) is 5.75 Å². The Morgan fingerprint density at radius 2 is 1.93 bits per heavy atom. The van der Waals surface area contributed by atoms with Crippen LogP contribution in [-0.4, -0.2) is 12.4 Å². The topological polar surface area (TPSA) is 9.23 Å². The summed E-state index contributed by atoms with van der Waals surface area (Å²) in [5, 5.41) is 0.829. The number of ether oxygens (including phenoxy) is 1. The van der Waals surface area contributed by atoms with Crippen molar-refractivity contribution in [1.82, 2.24) is 0 Å². The molecular weight excluding hydrogens is 254 g/mol. The Kier molecular flexibility index (Phi) is 4.32. The highest BCUT2D eigenvalue weighted by Gasteiger charge is 2.09. The van der Waals surface area contributed by atoms with Gasteiger partial charge < -0.3 is 4.74 Å². The Morgan fingerprint density at radius 3 is 2.50 bits per heavy atom. The second-order valence-corrected chi connectivity index (χ2v) is 3.66. The Hall–Kier alpha value is -0.640. The summed E-state index contributed by atoms with van der Waals surface area (Å²) in [7, 11) is 1.45. The van der Waals surface area contributed by atoms with Crippen molar-refractivity contribution in [2.45, 2.75) is 12.8 Å². The molecular formula is C10H11BrF2O. The molecule has 0 N–H and O–H groups in total. The Morgan fingerprint density at radius 1 is 1.29 bits per heavy atom. The molecule has 0 fully saturated rings. The second kappa shape index (κ2) is 5.29. The van der Waals surface area contributed by atoms with Gasteiger partial charge in [-0.05, 0) is 24.5 Å². The quantitative estimate of drug-likeness (QED) is 0.759. The van der Waals surface area contributed by atoms with Crippen LogP contribution in [0.25, 0.3) is 0 Å². The van der Waals surface area contributed by atoms with Crippen molar-refractivity contribution in [3.63, 3.8) is 0 Å². The van der Waals surface area contributed by atoms with Gasteiger partial charge in [0.05, 0.1) is 7.11 Å². The minimum Gasteiger partial charge on any atom is -0.496 e. The third-order valence-corrected chi connectivity index (χ3v) is 2.46. The first-order valence-electron chi connectivity index (χ1n) is 4.27. The highest BCUT2D eigenvalue weighted by atomic mass is 79.9. The third-order valence-electron chi connectivity index (χ3n) is 1.90.